The molecule has 0 bridgehead atoms. The van der Waals surface area contributed by atoms with E-state index >= 15 is 0 Å². The normalized spacial score (nSPS) is 9.29. The zero-order valence-electron chi connectivity index (χ0n) is 3.92. The molecule has 0 atom stereocenters. The summed E-state index contributed by atoms with van der Waals surface area (Å²) in [6, 6.07) is 0. The predicted molar refractivity (Wildman–Crippen MR) is 31.1 cm³/mol. The molecule has 0 aliphatic heterocycles. The summed E-state index contributed by atoms with van der Waals surface area (Å²) >= 11 is 4.14. The number of hydrogen-bond donors (Lipinski definition) is 1. The first-order valence-electron chi connectivity index (χ1n) is 1.78. The highest BCUT2D eigenvalue weighted by Gasteiger charge is 1.78. The number of aliphatic hydroxyl groups is 1. The summed E-state index contributed by atoms with van der Waals surface area (Å²) in [6.07, 6.45) is 2.94. The fourth-order valence-corrected chi connectivity index (χ4v) is 0.182. The van der Waals surface area contributed by atoms with Crippen LogP contribution in [0.2, 0.25) is 0 Å². The molecule has 7 heavy (non-hydrogen) atoms. The van der Waals surface area contributed by atoms with Crippen LogP contribution in [-0.4, -0.2) is 10.3 Å². The standard InChI is InChI=1S/C4H6O2S/c1-2-3-6-4(5)7/h2-3H,1H3,(H,5,7). The maximum absolute atomic E-state index is 8.14. The highest BCUT2D eigenvalue weighted by atomic mass is 32.1. The Bertz CT molecular complexity index is 87.7. The first kappa shape index (κ1) is 6.43. The fourth-order valence-electron chi connectivity index (χ4n) is 0.126. The van der Waals surface area contributed by atoms with E-state index in [0.717, 1.165) is 0 Å². The third-order valence-corrected chi connectivity index (χ3v) is 0.401. The Morgan fingerprint density at radius 1 is 1.86 bits per heavy atom. The van der Waals surface area contributed by atoms with Crippen LogP contribution >= 0.6 is 12.2 Å². The van der Waals surface area contributed by atoms with Gasteiger partial charge in [-0.1, -0.05) is 6.08 Å². The van der Waals surface area contributed by atoms with E-state index in [0.29, 0.717) is 0 Å². The van der Waals surface area contributed by atoms with E-state index in [1.165, 1.54) is 6.26 Å². The summed E-state index contributed by atoms with van der Waals surface area (Å²) in [5.41, 5.74) is 0. The highest BCUT2D eigenvalue weighted by Crippen LogP contribution is 1.76. The van der Waals surface area contributed by atoms with Crippen molar-refractivity contribution in [1.82, 2.24) is 0 Å². The van der Waals surface area contributed by atoms with E-state index in [1.807, 2.05) is 0 Å². The van der Waals surface area contributed by atoms with Crippen LogP contribution < -0.4 is 0 Å². The zero-order valence-corrected chi connectivity index (χ0v) is 4.73. The van der Waals surface area contributed by atoms with Crippen LogP contribution in [0.4, 0.5) is 0 Å². The third kappa shape index (κ3) is 5.43. The van der Waals surface area contributed by atoms with Gasteiger partial charge in [-0.05, 0) is 6.92 Å². The molecule has 0 aromatic rings. The van der Waals surface area contributed by atoms with Gasteiger partial charge in [0.1, 0.15) is 0 Å². The number of allylic oxidation sites excluding steroid dienone is 1. The molecule has 1 N–H and O–H groups in total. The van der Waals surface area contributed by atoms with E-state index in [9.17, 15) is 0 Å². The van der Waals surface area contributed by atoms with Crippen molar-refractivity contribution in [3.05, 3.63) is 12.3 Å². The van der Waals surface area contributed by atoms with Crippen LogP contribution in [0.15, 0.2) is 12.3 Å². The van der Waals surface area contributed by atoms with Crippen LogP contribution in [0, 0.1) is 0 Å². The lowest BCUT2D eigenvalue weighted by atomic mass is 10.7. The average Bonchev–Trinajstić information content (AvgIpc) is 1.61. The topological polar surface area (TPSA) is 29.5 Å². The summed E-state index contributed by atoms with van der Waals surface area (Å²) in [6.45, 7) is 1.76. The van der Waals surface area contributed by atoms with Crippen LogP contribution in [0.3, 0.4) is 0 Å². The van der Waals surface area contributed by atoms with Crippen LogP contribution in [-0.2, 0) is 4.74 Å². The molecule has 0 saturated carbocycles. The Hall–Kier alpha value is -0.570. The van der Waals surface area contributed by atoms with Crippen LogP contribution in [0.25, 0.3) is 0 Å². The lowest BCUT2D eigenvalue weighted by Gasteiger charge is -1.87. The van der Waals surface area contributed by atoms with Crippen LogP contribution in [0.5, 0.6) is 0 Å². The molecule has 0 heterocycles. The van der Waals surface area contributed by atoms with Crippen LogP contribution in [0.1, 0.15) is 6.92 Å². The zero-order chi connectivity index (χ0) is 5.70. The summed E-state index contributed by atoms with van der Waals surface area (Å²) in [4.78, 5) is 0. The molecular weight excluding hydrogens is 112 g/mol. The Kier molecular flexibility index (Phi) is 3.32. The number of aliphatic hydroxyl groups excluding tert-OH is 1. The maximum atomic E-state index is 8.14. The Morgan fingerprint density at radius 3 is 2.57 bits per heavy atom. The van der Waals surface area contributed by atoms with E-state index in [2.05, 4.69) is 17.0 Å². The third-order valence-electron chi connectivity index (χ3n) is 0.305. The monoisotopic (exact) mass is 118 g/mol. The molecule has 0 amide bonds. The van der Waals surface area contributed by atoms with Gasteiger partial charge in [0.2, 0.25) is 0 Å². The van der Waals surface area contributed by atoms with Crippen molar-refractivity contribution >= 4 is 17.5 Å². The van der Waals surface area contributed by atoms with Gasteiger partial charge in [0.25, 0.3) is 0 Å². The van der Waals surface area contributed by atoms with Gasteiger partial charge in [-0.15, -0.1) is 0 Å². The van der Waals surface area contributed by atoms with Gasteiger partial charge in [0, 0.05) is 12.2 Å². The minimum atomic E-state index is -0.446. The van der Waals surface area contributed by atoms with Gasteiger partial charge in [-0.3, -0.25) is 0 Å². The number of rotatable bonds is 1. The lowest BCUT2D eigenvalue weighted by Crippen LogP contribution is -1.90. The molecule has 2 nitrogen and oxygen atoms in total. The molecule has 0 aromatic heterocycles. The van der Waals surface area contributed by atoms with Gasteiger partial charge in [0.05, 0.1) is 6.26 Å². The molecule has 0 aliphatic carbocycles. The lowest BCUT2D eigenvalue weighted by molar-refractivity contribution is 0.349. The van der Waals surface area contributed by atoms with E-state index < -0.39 is 5.24 Å². The minimum Gasteiger partial charge on any atom is -0.472 e. The predicted octanol–water partition coefficient (Wildman–Crippen LogP) is 1.38. The SMILES string of the molecule is CC=COC(O)=S. The van der Waals surface area contributed by atoms with Crippen molar-refractivity contribution in [2.24, 2.45) is 0 Å². The van der Waals surface area contributed by atoms with E-state index in [4.69, 9.17) is 5.11 Å². The first-order valence-corrected chi connectivity index (χ1v) is 2.19. The van der Waals surface area contributed by atoms with Crippen molar-refractivity contribution in [3.63, 3.8) is 0 Å². The van der Waals surface area contributed by atoms with Crippen molar-refractivity contribution in [1.29, 1.82) is 0 Å². The molecule has 0 aromatic carbocycles. The molecule has 40 valence electrons. The number of ether oxygens (including phenoxy) is 1. The van der Waals surface area contributed by atoms with Gasteiger partial charge >= 0.3 is 5.24 Å². The van der Waals surface area contributed by atoms with Crippen molar-refractivity contribution in [2.75, 3.05) is 0 Å². The minimum absolute atomic E-state index is 0.446. The molecule has 0 spiro atoms. The second-order valence-corrected chi connectivity index (χ2v) is 1.20. The first-order chi connectivity index (χ1) is 3.27. The smallest absolute Gasteiger partial charge is 0.354 e. The van der Waals surface area contributed by atoms with Crippen molar-refractivity contribution in [3.8, 4) is 0 Å². The molecule has 0 fully saturated rings. The molecule has 0 unspecified atom stereocenters. The molecule has 3 heteroatoms. The van der Waals surface area contributed by atoms with Gasteiger partial charge < -0.3 is 9.84 Å². The van der Waals surface area contributed by atoms with Gasteiger partial charge in [0.15, 0.2) is 0 Å². The maximum Gasteiger partial charge on any atom is 0.354 e. The second-order valence-electron chi connectivity index (χ2n) is 0.853. The number of thiocarbonyl (C=S) groups is 1. The highest BCUT2D eigenvalue weighted by molar-refractivity contribution is 7.79. The Morgan fingerprint density at radius 2 is 2.43 bits per heavy atom. The summed E-state index contributed by atoms with van der Waals surface area (Å²) in [5, 5.41) is 7.70. The summed E-state index contributed by atoms with van der Waals surface area (Å²) < 4.78 is 4.30. The fraction of sp³-hybridized carbons (Fsp3) is 0.250. The number of hydrogen-bond acceptors (Lipinski definition) is 2. The van der Waals surface area contributed by atoms with E-state index in [-0.39, 0.29) is 0 Å². The molecule has 0 aliphatic rings. The summed E-state index contributed by atoms with van der Waals surface area (Å²) in [7, 11) is 0. The Labute approximate surface area is 47.4 Å². The van der Waals surface area contributed by atoms with Crippen molar-refractivity contribution < 1.29 is 9.84 Å². The summed E-state index contributed by atoms with van der Waals surface area (Å²) in [5.74, 6) is 0. The van der Waals surface area contributed by atoms with Gasteiger partial charge in [-0.25, -0.2) is 0 Å². The average molecular weight is 118 g/mol. The molecule has 0 radical (unpaired) electrons. The van der Waals surface area contributed by atoms with Gasteiger partial charge in [-0.2, -0.15) is 0 Å². The second kappa shape index (κ2) is 3.61. The molecule has 0 saturated heterocycles. The van der Waals surface area contributed by atoms with Crippen molar-refractivity contribution in [2.45, 2.75) is 6.92 Å². The largest absolute Gasteiger partial charge is 0.472 e. The molecule has 0 rings (SSSR count). The Balaban J connectivity index is 3.14. The quantitative estimate of drug-likeness (QED) is 0.416. The van der Waals surface area contributed by atoms with E-state index in [1.54, 1.807) is 13.0 Å². The molecular formula is C4H6O2S.